The number of carbonyl (C=O) groups excluding carboxylic acids is 1. The number of amides is 2. The van der Waals surface area contributed by atoms with Crippen LogP contribution in [0.1, 0.15) is 50.7 Å². The number of benzene rings is 1. The van der Waals surface area contributed by atoms with Gasteiger partial charge in [-0.2, -0.15) is 0 Å². The van der Waals surface area contributed by atoms with Crippen molar-refractivity contribution in [3.8, 4) is 0 Å². The van der Waals surface area contributed by atoms with Gasteiger partial charge in [0.05, 0.1) is 11.5 Å². The van der Waals surface area contributed by atoms with Crippen LogP contribution in [0, 0.1) is 12.8 Å². The van der Waals surface area contributed by atoms with E-state index in [9.17, 15) is 9.59 Å². The molecular formula is C18H26N2O3. The molecule has 2 amide bonds. The predicted octanol–water partition coefficient (Wildman–Crippen LogP) is 3.17. The first-order valence-corrected chi connectivity index (χ1v) is 8.17. The number of aliphatic carboxylic acids is 1. The van der Waals surface area contributed by atoms with Crippen LogP contribution in [0.2, 0.25) is 0 Å². The van der Waals surface area contributed by atoms with Crippen molar-refractivity contribution in [2.75, 3.05) is 0 Å². The van der Waals surface area contributed by atoms with Gasteiger partial charge in [0.2, 0.25) is 0 Å². The highest BCUT2D eigenvalue weighted by atomic mass is 16.4. The zero-order valence-electron chi connectivity index (χ0n) is 14.1. The standard InChI is InChI=1S/C18H26N2O3/c1-12-6-4-5-7-15(12)18(2,3)20-17(23)19-14-10-8-13(9-11-14)16(21)22/h4-7,13-14H,8-11H2,1-3H3,(H,21,22)(H2,19,20,23). The SMILES string of the molecule is Cc1ccccc1C(C)(C)NC(=O)NC1CCC(C(=O)O)CC1. The molecule has 0 unspecified atom stereocenters. The van der Waals surface area contributed by atoms with Crippen molar-refractivity contribution >= 4 is 12.0 Å². The number of hydrogen-bond acceptors (Lipinski definition) is 2. The number of hydrogen-bond donors (Lipinski definition) is 3. The molecule has 0 radical (unpaired) electrons. The molecule has 1 aliphatic rings. The van der Waals surface area contributed by atoms with Gasteiger partial charge >= 0.3 is 12.0 Å². The van der Waals surface area contributed by atoms with Crippen molar-refractivity contribution < 1.29 is 14.7 Å². The van der Waals surface area contributed by atoms with E-state index in [4.69, 9.17) is 5.11 Å². The van der Waals surface area contributed by atoms with Gasteiger partial charge < -0.3 is 15.7 Å². The number of carbonyl (C=O) groups is 2. The van der Waals surface area contributed by atoms with Gasteiger partial charge in [-0.25, -0.2) is 4.79 Å². The fourth-order valence-electron chi connectivity index (χ4n) is 3.33. The Morgan fingerprint density at radius 2 is 1.74 bits per heavy atom. The largest absolute Gasteiger partial charge is 0.481 e. The van der Waals surface area contributed by atoms with E-state index in [-0.39, 0.29) is 18.0 Å². The first-order chi connectivity index (χ1) is 10.8. The van der Waals surface area contributed by atoms with Crippen molar-refractivity contribution in [1.82, 2.24) is 10.6 Å². The van der Waals surface area contributed by atoms with Crippen molar-refractivity contribution in [3.63, 3.8) is 0 Å². The molecule has 0 saturated heterocycles. The number of aryl methyl sites for hydroxylation is 1. The van der Waals surface area contributed by atoms with E-state index >= 15 is 0 Å². The molecular weight excluding hydrogens is 292 g/mol. The molecule has 23 heavy (non-hydrogen) atoms. The summed E-state index contributed by atoms with van der Waals surface area (Å²) in [5, 5.41) is 15.0. The van der Waals surface area contributed by atoms with Gasteiger partial charge in [-0.3, -0.25) is 4.79 Å². The molecule has 1 aromatic carbocycles. The molecule has 5 heteroatoms. The summed E-state index contributed by atoms with van der Waals surface area (Å²) in [4.78, 5) is 23.2. The lowest BCUT2D eigenvalue weighted by Crippen LogP contribution is -2.50. The Bertz CT molecular complexity index is 575. The Labute approximate surface area is 137 Å². The van der Waals surface area contributed by atoms with Crippen LogP contribution in [0.5, 0.6) is 0 Å². The molecule has 1 fully saturated rings. The molecule has 0 bridgehead atoms. The lowest BCUT2D eigenvalue weighted by molar-refractivity contribution is -0.142. The molecule has 2 rings (SSSR count). The lowest BCUT2D eigenvalue weighted by Gasteiger charge is -2.31. The van der Waals surface area contributed by atoms with Gasteiger partial charge in [0.25, 0.3) is 0 Å². The molecule has 0 aromatic heterocycles. The molecule has 126 valence electrons. The molecule has 0 atom stereocenters. The van der Waals surface area contributed by atoms with E-state index < -0.39 is 11.5 Å². The van der Waals surface area contributed by atoms with Crippen LogP contribution in [0.25, 0.3) is 0 Å². The van der Waals surface area contributed by atoms with Crippen LogP contribution < -0.4 is 10.6 Å². The maximum atomic E-state index is 12.3. The Balaban J connectivity index is 1.90. The smallest absolute Gasteiger partial charge is 0.315 e. The summed E-state index contributed by atoms with van der Waals surface area (Å²) in [6.07, 6.45) is 2.69. The summed E-state index contributed by atoms with van der Waals surface area (Å²) in [5.74, 6) is -0.992. The second kappa shape index (κ2) is 7.02. The first-order valence-electron chi connectivity index (χ1n) is 8.17. The third-order valence-corrected chi connectivity index (χ3v) is 4.66. The average molecular weight is 318 g/mol. The zero-order chi connectivity index (χ0) is 17.0. The summed E-state index contributed by atoms with van der Waals surface area (Å²) >= 11 is 0. The Kier molecular flexibility index (Phi) is 5.29. The van der Waals surface area contributed by atoms with Gasteiger partial charge in [-0.1, -0.05) is 24.3 Å². The fraction of sp³-hybridized carbons (Fsp3) is 0.556. The highest BCUT2D eigenvalue weighted by Gasteiger charge is 2.29. The molecule has 1 aromatic rings. The third-order valence-electron chi connectivity index (χ3n) is 4.66. The Morgan fingerprint density at radius 3 is 2.30 bits per heavy atom. The summed E-state index contributed by atoms with van der Waals surface area (Å²) in [7, 11) is 0. The van der Waals surface area contributed by atoms with Crippen LogP contribution in [-0.4, -0.2) is 23.1 Å². The number of urea groups is 1. The Morgan fingerprint density at radius 1 is 1.13 bits per heavy atom. The van der Waals surface area contributed by atoms with Crippen LogP contribution in [0.4, 0.5) is 4.79 Å². The molecule has 3 N–H and O–H groups in total. The van der Waals surface area contributed by atoms with E-state index in [1.165, 1.54) is 0 Å². The number of carboxylic acids is 1. The van der Waals surface area contributed by atoms with Crippen LogP contribution in [-0.2, 0) is 10.3 Å². The van der Waals surface area contributed by atoms with E-state index in [2.05, 4.69) is 10.6 Å². The second-order valence-corrected chi connectivity index (χ2v) is 6.93. The second-order valence-electron chi connectivity index (χ2n) is 6.93. The van der Waals surface area contributed by atoms with Crippen LogP contribution in [0.15, 0.2) is 24.3 Å². The van der Waals surface area contributed by atoms with Crippen LogP contribution in [0.3, 0.4) is 0 Å². The van der Waals surface area contributed by atoms with Crippen molar-refractivity contribution in [3.05, 3.63) is 35.4 Å². The van der Waals surface area contributed by atoms with Crippen molar-refractivity contribution in [2.45, 2.75) is 58.0 Å². The maximum absolute atomic E-state index is 12.3. The number of nitrogens with one attached hydrogen (secondary N) is 2. The van der Waals surface area contributed by atoms with E-state index in [1.807, 2.05) is 45.0 Å². The molecule has 1 aliphatic carbocycles. The van der Waals surface area contributed by atoms with Gasteiger partial charge in [-0.05, 0) is 57.6 Å². The van der Waals surface area contributed by atoms with Crippen molar-refractivity contribution in [1.29, 1.82) is 0 Å². The molecule has 0 aliphatic heterocycles. The quantitative estimate of drug-likeness (QED) is 0.798. The van der Waals surface area contributed by atoms with E-state index in [0.29, 0.717) is 12.8 Å². The van der Waals surface area contributed by atoms with E-state index in [1.54, 1.807) is 0 Å². The topological polar surface area (TPSA) is 78.4 Å². The summed E-state index contributed by atoms with van der Waals surface area (Å²) in [5.41, 5.74) is 1.76. The highest BCUT2D eigenvalue weighted by molar-refractivity contribution is 5.75. The van der Waals surface area contributed by atoms with Crippen molar-refractivity contribution in [2.24, 2.45) is 5.92 Å². The minimum Gasteiger partial charge on any atom is -0.481 e. The summed E-state index contributed by atoms with van der Waals surface area (Å²) in [6, 6.07) is 7.86. The zero-order valence-corrected chi connectivity index (χ0v) is 14.1. The highest BCUT2D eigenvalue weighted by Crippen LogP contribution is 2.25. The van der Waals surface area contributed by atoms with Gasteiger partial charge in [0, 0.05) is 6.04 Å². The average Bonchev–Trinajstić information content (AvgIpc) is 2.47. The Hall–Kier alpha value is -2.04. The normalized spacial score (nSPS) is 21.5. The third kappa shape index (κ3) is 4.47. The molecule has 5 nitrogen and oxygen atoms in total. The van der Waals surface area contributed by atoms with Gasteiger partial charge in [-0.15, -0.1) is 0 Å². The minimum absolute atomic E-state index is 0.0540. The monoisotopic (exact) mass is 318 g/mol. The maximum Gasteiger partial charge on any atom is 0.315 e. The first kappa shape index (κ1) is 17.3. The molecule has 1 saturated carbocycles. The fourth-order valence-corrected chi connectivity index (χ4v) is 3.33. The predicted molar refractivity (Wildman–Crippen MR) is 89.3 cm³/mol. The summed E-state index contributed by atoms with van der Waals surface area (Å²) < 4.78 is 0. The van der Waals surface area contributed by atoms with Gasteiger partial charge in [0.1, 0.15) is 0 Å². The van der Waals surface area contributed by atoms with E-state index in [0.717, 1.165) is 24.0 Å². The van der Waals surface area contributed by atoms with Crippen LogP contribution >= 0.6 is 0 Å². The summed E-state index contributed by atoms with van der Waals surface area (Å²) in [6.45, 7) is 6.00. The molecule has 0 spiro atoms. The number of carboxylic acid groups (broad SMARTS) is 1. The van der Waals surface area contributed by atoms with Gasteiger partial charge in [0.15, 0.2) is 0 Å². The molecule has 0 heterocycles. The number of rotatable bonds is 4. The lowest BCUT2D eigenvalue weighted by atomic mass is 9.86. The minimum atomic E-state index is -0.728.